The molecule has 0 amide bonds. The smallest absolute Gasteiger partial charge is 0.0583 e. The van der Waals surface area contributed by atoms with E-state index in [1.807, 2.05) is 11.8 Å². The molecule has 0 bridgehead atoms. The van der Waals surface area contributed by atoms with Crippen LogP contribution in [-0.2, 0) is 0 Å². The molecule has 1 aromatic rings. The molecule has 0 aliphatic heterocycles. The minimum absolute atomic E-state index is 0.182. The topological polar surface area (TPSA) is 20.2 Å². The van der Waals surface area contributed by atoms with Crippen molar-refractivity contribution in [3.63, 3.8) is 0 Å². The number of hydrogen-bond acceptors (Lipinski definition) is 2. The highest BCUT2D eigenvalue weighted by Gasteiger charge is 2.50. The van der Waals surface area contributed by atoms with Gasteiger partial charge in [0.15, 0.2) is 0 Å². The van der Waals surface area contributed by atoms with Gasteiger partial charge in [0.1, 0.15) is 0 Å². The van der Waals surface area contributed by atoms with E-state index in [1.54, 1.807) is 5.57 Å². The maximum Gasteiger partial charge on any atom is 0.0583 e. The average Bonchev–Trinajstić information content (AvgIpc) is 3.15. The molecule has 0 aromatic heterocycles. The van der Waals surface area contributed by atoms with E-state index in [1.165, 1.54) is 66.7 Å². The summed E-state index contributed by atoms with van der Waals surface area (Å²) in [4.78, 5) is 1.40. The molecule has 0 unspecified atom stereocenters. The molecule has 3 saturated carbocycles. The molecule has 2 heteroatoms. The van der Waals surface area contributed by atoms with E-state index in [-0.39, 0.29) is 6.10 Å². The molecule has 3 fully saturated rings. The molecule has 32 heavy (non-hydrogen) atoms. The van der Waals surface area contributed by atoms with Gasteiger partial charge in [0, 0.05) is 4.90 Å². The zero-order valence-electron chi connectivity index (χ0n) is 20.2. The first-order valence-corrected chi connectivity index (χ1v) is 13.9. The van der Waals surface area contributed by atoms with Gasteiger partial charge in [0.25, 0.3) is 0 Å². The first kappa shape index (κ1) is 23.9. The van der Waals surface area contributed by atoms with Crippen molar-refractivity contribution in [1.29, 1.82) is 0 Å². The summed E-state index contributed by atoms with van der Waals surface area (Å²) < 4.78 is 0. The number of hydrogen-bond donors (Lipinski definition) is 1. The lowest BCUT2D eigenvalue weighted by atomic mass is 9.61. The van der Waals surface area contributed by atoms with Crippen LogP contribution >= 0.6 is 11.8 Å². The molecule has 1 nitrogen and oxygen atoms in total. The van der Waals surface area contributed by atoms with Crippen molar-refractivity contribution >= 4 is 11.8 Å². The van der Waals surface area contributed by atoms with Gasteiger partial charge in [-0.1, -0.05) is 61.9 Å². The number of benzene rings is 1. The van der Waals surface area contributed by atoms with Gasteiger partial charge in [0.2, 0.25) is 0 Å². The number of rotatable bonds is 7. The van der Waals surface area contributed by atoms with Crippen molar-refractivity contribution in [2.45, 2.75) is 89.1 Å². The van der Waals surface area contributed by atoms with Crippen molar-refractivity contribution in [3.8, 4) is 0 Å². The molecule has 0 saturated heterocycles. The highest BCUT2D eigenvalue weighted by atomic mass is 32.2. The number of aliphatic hydroxyl groups is 1. The van der Waals surface area contributed by atoms with E-state index < -0.39 is 0 Å². The minimum atomic E-state index is -0.182. The number of allylic oxidation sites excluding steroid dienone is 4. The Morgan fingerprint density at radius 1 is 1.16 bits per heavy atom. The second kappa shape index (κ2) is 10.8. The third-order valence-corrected chi connectivity index (χ3v) is 9.83. The van der Waals surface area contributed by atoms with Gasteiger partial charge < -0.3 is 5.11 Å². The van der Waals surface area contributed by atoms with Crippen molar-refractivity contribution in [2.75, 3.05) is 5.75 Å². The maximum absolute atomic E-state index is 10.1. The van der Waals surface area contributed by atoms with Crippen LogP contribution in [0.3, 0.4) is 0 Å². The molecule has 3 aliphatic rings. The van der Waals surface area contributed by atoms with Crippen LogP contribution in [0.2, 0.25) is 0 Å². The molecule has 174 valence electrons. The van der Waals surface area contributed by atoms with Gasteiger partial charge in [-0.3, -0.25) is 0 Å². The summed E-state index contributed by atoms with van der Waals surface area (Å²) in [6, 6.07) is 10.8. The van der Waals surface area contributed by atoms with E-state index in [9.17, 15) is 5.11 Å². The minimum Gasteiger partial charge on any atom is -0.393 e. The summed E-state index contributed by atoms with van der Waals surface area (Å²) >= 11 is 2.01. The molecule has 0 heterocycles. The molecule has 1 aromatic carbocycles. The predicted octanol–water partition coefficient (Wildman–Crippen LogP) is 8.37. The van der Waals surface area contributed by atoms with Gasteiger partial charge in [0.05, 0.1) is 6.10 Å². The van der Waals surface area contributed by atoms with Crippen LogP contribution in [0.25, 0.3) is 0 Å². The molecular weight excluding hydrogens is 408 g/mol. The van der Waals surface area contributed by atoms with E-state index in [0.717, 1.165) is 37.0 Å². The Morgan fingerprint density at radius 2 is 1.97 bits per heavy atom. The molecule has 3 aliphatic carbocycles. The van der Waals surface area contributed by atoms with Crippen molar-refractivity contribution < 1.29 is 5.11 Å². The summed E-state index contributed by atoms with van der Waals surface area (Å²) in [6.45, 7) is 9.39. The molecular formula is C30H42OS. The zero-order valence-corrected chi connectivity index (χ0v) is 21.0. The standard InChI is InChI=1S/C30H42OS/c1-22-13-16-26(31)21-25(22)15-14-24-10-7-19-30(3)28(17-18-29(24)30)23(2)9-8-20-32-27-11-5-4-6-12-27/h4-6,11-12,14-15,23,26,28-29,31H,1,7-10,13,16-21H2,2-3H3/b24-14+,25-15-/t23-,26+,28-,29+,30-/m1/s1. The number of thioether (sulfide) groups is 1. The van der Waals surface area contributed by atoms with Crippen molar-refractivity contribution in [3.05, 3.63) is 65.8 Å². The highest BCUT2D eigenvalue weighted by Crippen LogP contribution is 2.59. The second-order valence-corrected chi connectivity index (χ2v) is 12.0. The Bertz CT molecular complexity index is 838. The second-order valence-electron chi connectivity index (χ2n) is 10.8. The van der Waals surface area contributed by atoms with Gasteiger partial charge in [-0.2, -0.15) is 0 Å². The summed E-state index contributed by atoms with van der Waals surface area (Å²) in [5.74, 6) is 3.65. The molecule has 1 N–H and O–H groups in total. The first-order chi connectivity index (χ1) is 15.5. The van der Waals surface area contributed by atoms with Crippen LogP contribution in [-0.4, -0.2) is 17.0 Å². The van der Waals surface area contributed by atoms with Crippen LogP contribution in [0.5, 0.6) is 0 Å². The number of fused-ring (bicyclic) bond motifs is 1. The highest BCUT2D eigenvalue weighted by molar-refractivity contribution is 7.99. The van der Waals surface area contributed by atoms with Gasteiger partial charge in [-0.05, 0) is 111 Å². The molecule has 0 spiro atoms. The largest absolute Gasteiger partial charge is 0.393 e. The monoisotopic (exact) mass is 450 g/mol. The zero-order chi connectivity index (χ0) is 22.6. The summed E-state index contributed by atoms with van der Waals surface area (Å²) in [6.07, 6.45) is 16.6. The SMILES string of the molecule is C=C1CC[C@H](O)C/C1=C/C=C1\CCC[C@]2(C)[C@@H]([C@H](C)CCCSc3ccccc3)CC[C@@H]12. The van der Waals surface area contributed by atoms with Crippen LogP contribution in [0, 0.1) is 23.2 Å². The Balaban J connectivity index is 1.36. The molecule has 5 atom stereocenters. The first-order valence-electron chi connectivity index (χ1n) is 12.9. The lowest BCUT2D eigenvalue weighted by molar-refractivity contribution is 0.0941. The van der Waals surface area contributed by atoms with Crippen LogP contribution in [0.15, 0.2) is 70.7 Å². The fourth-order valence-corrected chi connectivity index (χ4v) is 7.82. The Hall–Kier alpha value is -1.25. The van der Waals surface area contributed by atoms with Crippen molar-refractivity contribution in [1.82, 2.24) is 0 Å². The van der Waals surface area contributed by atoms with Crippen LogP contribution in [0.4, 0.5) is 0 Å². The Labute approximate surface area is 200 Å². The lowest BCUT2D eigenvalue weighted by Gasteiger charge is -2.44. The quantitative estimate of drug-likeness (QED) is 0.332. The van der Waals surface area contributed by atoms with E-state index in [0.29, 0.717) is 5.41 Å². The van der Waals surface area contributed by atoms with E-state index in [2.05, 4.69) is 62.9 Å². The third-order valence-electron chi connectivity index (χ3n) is 8.73. The molecule has 4 rings (SSSR count). The number of aliphatic hydroxyl groups excluding tert-OH is 1. The summed E-state index contributed by atoms with van der Waals surface area (Å²) in [7, 11) is 0. The molecule has 0 radical (unpaired) electrons. The van der Waals surface area contributed by atoms with E-state index in [4.69, 9.17) is 0 Å². The summed E-state index contributed by atoms with van der Waals surface area (Å²) in [5.41, 5.74) is 4.66. The normalized spacial score (nSPS) is 34.1. The average molecular weight is 451 g/mol. The van der Waals surface area contributed by atoms with E-state index >= 15 is 0 Å². The summed E-state index contributed by atoms with van der Waals surface area (Å²) in [5, 5.41) is 10.1. The third kappa shape index (κ3) is 5.45. The predicted molar refractivity (Wildman–Crippen MR) is 139 cm³/mol. The van der Waals surface area contributed by atoms with Gasteiger partial charge in [-0.25, -0.2) is 0 Å². The Morgan fingerprint density at radius 3 is 2.78 bits per heavy atom. The van der Waals surface area contributed by atoms with Gasteiger partial charge >= 0.3 is 0 Å². The van der Waals surface area contributed by atoms with Crippen molar-refractivity contribution in [2.24, 2.45) is 23.2 Å². The fraction of sp³-hybridized carbons (Fsp3) is 0.600. The van der Waals surface area contributed by atoms with Gasteiger partial charge in [-0.15, -0.1) is 11.8 Å². The van der Waals surface area contributed by atoms with Crippen LogP contribution < -0.4 is 0 Å². The van der Waals surface area contributed by atoms with Crippen LogP contribution in [0.1, 0.15) is 78.1 Å². The Kier molecular flexibility index (Phi) is 8.05. The lowest BCUT2D eigenvalue weighted by Crippen LogP contribution is -2.36. The maximum atomic E-state index is 10.1. The fourth-order valence-electron chi connectivity index (χ4n) is 6.92.